The molecule has 8 heteroatoms. The number of hydrogen-bond donors (Lipinski definition) is 1. The molecule has 1 heterocycles. The lowest BCUT2D eigenvalue weighted by molar-refractivity contribution is -0.138. The van der Waals surface area contributed by atoms with Crippen LogP contribution in [0.5, 0.6) is 0 Å². The Bertz CT molecular complexity index is 716. The maximum atomic E-state index is 12.0. The van der Waals surface area contributed by atoms with Gasteiger partial charge in [0.15, 0.2) is 0 Å². The first kappa shape index (κ1) is 15.1. The van der Waals surface area contributed by atoms with E-state index in [2.05, 4.69) is 0 Å². The largest absolute Gasteiger partial charge is 0.405 e. The van der Waals surface area contributed by atoms with Gasteiger partial charge in [-0.05, 0) is 12.1 Å². The van der Waals surface area contributed by atoms with Gasteiger partial charge in [-0.15, -0.1) is 0 Å². The Morgan fingerprint density at radius 3 is 2.48 bits per heavy atom. The van der Waals surface area contributed by atoms with Crippen LogP contribution < -0.4 is 11.0 Å². The monoisotopic (exact) mass is 301 g/mol. The van der Waals surface area contributed by atoms with Crippen molar-refractivity contribution in [3.05, 3.63) is 34.7 Å². The van der Waals surface area contributed by atoms with Gasteiger partial charge in [-0.3, -0.25) is 13.9 Å². The number of para-hydroxylation sites is 2. The molecule has 1 N–H and O–H groups in total. The van der Waals surface area contributed by atoms with Gasteiger partial charge < -0.3 is 5.32 Å². The molecule has 114 valence electrons. The molecule has 21 heavy (non-hydrogen) atoms. The number of amides is 1. The van der Waals surface area contributed by atoms with E-state index in [-0.39, 0.29) is 18.7 Å². The molecule has 0 fully saturated rings. The Morgan fingerprint density at radius 2 is 1.86 bits per heavy atom. The minimum atomic E-state index is -4.44. The van der Waals surface area contributed by atoms with Crippen LogP contribution in [0, 0.1) is 0 Å². The van der Waals surface area contributed by atoms with E-state index in [1.165, 1.54) is 9.13 Å². The first-order chi connectivity index (χ1) is 9.79. The molecule has 0 spiro atoms. The van der Waals surface area contributed by atoms with Gasteiger partial charge in [0.1, 0.15) is 6.54 Å². The molecule has 2 rings (SSSR count). The SMILES string of the molecule is Cn1c(=O)n(CCC(=O)NCC(F)(F)F)c2ccccc21. The number of nitrogens with zero attached hydrogens (tertiary/aromatic N) is 2. The molecule has 2 aromatic rings. The molecule has 0 unspecified atom stereocenters. The van der Waals surface area contributed by atoms with Gasteiger partial charge in [-0.1, -0.05) is 12.1 Å². The van der Waals surface area contributed by atoms with E-state index in [9.17, 15) is 22.8 Å². The summed E-state index contributed by atoms with van der Waals surface area (Å²) in [6.45, 7) is -1.33. The van der Waals surface area contributed by atoms with Crippen molar-refractivity contribution in [2.45, 2.75) is 19.1 Å². The zero-order chi connectivity index (χ0) is 15.6. The topological polar surface area (TPSA) is 56.0 Å². The van der Waals surface area contributed by atoms with Gasteiger partial charge in [0, 0.05) is 20.0 Å². The summed E-state index contributed by atoms with van der Waals surface area (Å²) in [6, 6.07) is 7.02. The lowest BCUT2D eigenvalue weighted by atomic mass is 10.3. The second-order valence-corrected chi connectivity index (χ2v) is 4.62. The number of halogens is 3. The first-order valence-corrected chi connectivity index (χ1v) is 6.27. The number of aromatic nitrogens is 2. The molecule has 0 aliphatic heterocycles. The van der Waals surface area contributed by atoms with Crippen LogP contribution >= 0.6 is 0 Å². The van der Waals surface area contributed by atoms with Crippen LogP contribution in [0.3, 0.4) is 0 Å². The molecule has 1 aromatic heterocycles. The first-order valence-electron chi connectivity index (χ1n) is 6.27. The molecule has 0 aliphatic rings. The molecule has 0 radical (unpaired) electrons. The minimum Gasteiger partial charge on any atom is -0.347 e. The van der Waals surface area contributed by atoms with Crippen molar-refractivity contribution in [2.75, 3.05) is 6.54 Å². The van der Waals surface area contributed by atoms with Crippen LogP contribution in [0.2, 0.25) is 0 Å². The third-order valence-electron chi connectivity index (χ3n) is 3.10. The molecule has 0 saturated heterocycles. The maximum absolute atomic E-state index is 12.0. The van der Waals surface area contributed by atoms with E-state index in [0.29, 0.717) is 11.0 Å². The average molecular weight is 301 g/mol. The average Bonchev–Trinajstić information content (AvgIpc) is 2.67. The molecule has 1 amide bonds. The molecule has 0 saturated carbocycles. The Balaban J connectivity index is 2.09. The molecule has 0 bridgehead atoms. The van der Waals surface area contributed by atoms with Gasteiger partial charge >= 0.3 is 11.9 Å². The summed E-state index contributed by atoms with van der Waals surface area (Å²) in [6.07, 6.45) is -4.63. The highest BCUT2D eigenvalue weighted by Crippen LogP contribution is 2.13. The molecule has 0 atom stereocenters. The van der Waals surface area contributed by atoms with Gasteiger partial charge in [0.2, 0.25) is 5.91 Å². The second-order valence-electron chi connectivity index (χ2n) is 4.62. The van der Waals surface area contributed by atoms with Gasteiger partial charge in [-0.25, -0.2) is 4.79 Å². The third-order valence-corrected chi connectivity index (χ3v) is 3.10. The molecular formula is C13H14F3N3O2. The van der Waals surface area contributed by atoms with Crippen LogP contribution in [0.4, 0.5) is 13.2 Å². The number of hydrogen-bond acceptors (Lipinski definition) is 2. The summed E-state index contributed by atoms with van der Waals surface area (Å²) in [5, 5.41) is 1.78. The predicted octanol–water partition coefficient (Wildman–Crippen LogP) is 1.41. The fraction of sp³-hybridized carbons (Fsp3) is 0.385. The number of carbonyl (C=O) groups is 1. The number of nitrogens with one attached hydrogen (secondary N) is 1. The summed E-state index contributed by atoms with van der Waals surface area (Å²) < 4.78 is 38.8. The van der Waals surface area contributed by atoms with Gasteiger partial charge in [0.25, 0.3) is 0 Å². The zero-order valence-corrected chi connectivity index (χ0v) is 11.3. The normalized spacial score (nSPS) is 11.8. The molecule has 0 aliphatic carbocycles. The van der Waals surface area contributed by atoms with Crippen molar-refractivity contribution in [2.24, 2.45) is 7.05 Å². The van der Waals surface area contributed by atoms with Gasteiger partial charge in [-0.2, -0.15) is 13.2 Å². The fourth-order valence-electron chi connectivity index (χ4n) is 2.08. The lowest BCUT2D eigenvalue weighted by Crippen LogP contribution is -2.34. The Hall–Kier alpha value is -2.25. The third kappa shape index (κ3) is 3.45. The standard InChI is InChI=1S/C13H14F3N3O2/c1-18-9-4-2-3-5-10(9)19(12(18)21)7-6-11(20)17-8-13(14,15)16/h2-5H,6-8H2,1H3,(H,17,20). The summed E-state index contributed by atoms with van der Waals surface area (Å²) in [5.41, 5.74) is 1.05. The lowest BCUT2D eigenvalue weighted by Gasteiger charge is -2.08. The van der Waals surface area contributed by atoms with Crippen molar-refractivity contribution < 1.29 is 18.0 Å². The van der Waals surface area contributed by atoms with E-state index in [0.717, 1.165) is 0 Å². The highest BCUT2D eigenvalue weighted by atomic mass is 19.4. The quantitative estimate of drug-likeness (QED) is 0.928. The summed E-state index contributed by atoms with van der Waals surface area (Å²) in [4.78, 5) is 23.4. The smallest absolute Gasteiger partial charge is 0.347 e. The van der Waals surface area contributed by atoms with Gasteiger partial charge in [0.05, 0.1) is 11.0 Å². The summed E-state index contributed by atoms with van der Waals surface area (Å²) >= 11 is 0. The van der Waals surface area contributed by atoms with Crippen molar-refractivity contribution in [3.63, 3.8) is 0 Å². The van der Waals surface area contributed by atoms with Crippen molar-refractivity contribution in [1.29, 1.82) is 0 Å². The Kier molecular flexibility index (Phi) is 4.06. The molecular weight excluding hydrogens is 287 g/mol. The number of aryl methyl sites for hydroxylation is 2. The van der Waals surface area contributed by atoms with Crippen LogP contribution in [0.25, 0.3) is 11.0 Å². The van der Waals surface area contributed by atoms with Crippen LogP contribution in [0.1, 0.15) is 6.42 Å². The maximum Gasteiger partial charge on any atom is 0.405 e. The van der Waals surface area contributed by atoms with E-state index in [4.69, 9.17) is 0 Å². The second kappa shape index (κ2) is 5.63. The van der Waals surface area contributed by atoms with Crippen LogP contribution in [-0.2, 0) is 18.4 Å². The number of carbonyl (C=O) groups excluding carboxylic acids is 1. The molecule has 1 aromatic carbocycles. The Morgan fingerprint density at radius 1 is 1.24 bits per heavy atom. The minimum absolute atomic E-state index is 0.0316. The van der Waals surface area contributed by atoms with E-state index < -0.39 is 18.6 Å². The number of benzene rings is 1. The van der Waals surface area contributed by atoms with Crippen molar-refractivity contribution in [3.8, 4) is 0 Å². The molecule has 5 nitrogen and oxygen atoms in total. The number of rotatable bonds is 4. The summed E-state index contributed by atoms with van der Waals surface area (Å²) in [5.74, 6) is -0.743. The van der Waals surface area contributed by atoms with Crippen molar-refractivity contribution in [1.82, 2.24) is 14.5 Å². The number of alkyl halides is 3. The van der Waals surface area contributed by atoms with E-state index in [1.807, 2.05) is 0 Å². The van der Waals surface area contributed by atoms with Crippen LogP contribution in [-0.4, -0.2) is 27.8 Å². The number of imidazole rings is 1. The van der Waals surface area contributed by atoms with E-state index in [1.54, 1.807) is 36.6 Å². The zero-order valence-electron chi connectivity index (χ0n) is 11.3. The van der Waals surface area contributed by atoms with E-state index >= 15 is 0 Å². The Labute approximate surface area is 118 Å². The summed E-state index contributed by atoms with van der Waals surface area (Å²) in [7, 11) is 1.60. The highest BCUT2D eigenvalue weighted by molar-refractivity contribution is 5.77. The number of fused-ring (bicyclic) bond motifs is 1. The fourth-order valence-corrected chi connectivity index (χ4v) is 2.08. The highest BCUT2D eigenvalue weighted by Gasteiger charge is 2.27. The predicted molar refractivity (Wildman–Crippen MR) is 70.9 cm³/mol. The van der Waals surface area contributed by atoms with Crippen molar-refractivity contribution >= 4 is 16.9 Å². The van der Waals surface area contributed by atoms with Crippen LogP contribution in [0.15, 0.2) is 29.1 Å².